The summed E-state index contributed by atoms with van der Waals surface area (Å²) in [5.74, 6) is 2.88. The Bertz CT molecular complexity index is 1000. The highest BCUT2D eigenvalue weighted by Crippen LogP contribution is 2.31. The van der Waals surface area contributed by atoms with Gasteiger partial charge in [-0.05, 0) is 65.8 Å². The third-order valence-electron chi connectivity index (χ3n) is 5.06. The summed E-state index contributed by atoms with van der Waals surface area (Å²) in [5.41, 5.74) is 2.81. The van der Waals surface area contributed by atoms with Gasteiger partial charge in [-0.1, -0.05) is 41.5 Å². The van der Waals surface area contributed by atoms with Crippen molar-refractivity contribution in [2.45, 2.75) is 59.3 Å². The molecule has 0 amide bonds. The highest BCUT2D eigenvalue weighted by molar-refractivity contribution is 7.15. The van der Waals surface area contributed by atoms with Crippen LogP contribution >= 0.6 is 11.3 Å². The Morgan fingerprint density at radius 2 is 1.52 bits per heavy atom. The summed E-state index contributed by atoms with van der Waals surface area (Å²) in [6.45, 7) is 13.2. The van der Waals surface area contributed by atoms with Gasteiger partial charge in [-0.25, -0.2) is 0 Å². The van der Waals surface area contributed by atoms with E-state index in [0.29, 0.717) is 17.8 Å². The zero-order valence-corrected chi connectivity index (χ0v) is 21.1. The minimum atomic E-state index is 0.605. The lowest BCUT2D eigenvalue weighted by atomic mass is 10.1. The van der Waals surface area contributed by atoms with Crippen molar-refractivity contribution < 1.29 is 4.42 Å². The van der Waals surface area contributed by atoms with E-state index in [9.17, 15) is 0 Å². The van der Waals surface area contributed by atoms with Gasteiger partial charge in [0.1, 0.15) is 5.76 Å². The van der Waals surface area contributed by atoms with Gasteiger partial charge < -0.3 is 13.6 Å². The van der Waals surface area contributed by atoms with E-state index >= 15 is 0 Å². The van der Waals surface area contributed by atoms with Crippen molar-refractivity contribution in [1.29, 1.82) is 0 Å². The second-order valence-electron chi connectivity index (χ2n) is 8.80. The minimum Gasteiger partial charge on any atom is -0.464 e. The van der Waals surface area contributed by atoms with Crippen molar-refractivity contribution in [1.82, 2.24) is 9.13 Å². The normalized spacial score (nSPS) is 10.8. The van der Waals surface area contributed by atoms with Crippen molar-refractivity contribution in [3.63, 3.8) is 0 Å². The number of aryl methyl sites for hydroxylation is 2. The molecule has 4 heterocycles. The van der Waals surface area contributed by atoms with Gasteiger partial charge in [-0.3, -0.25) is 0 Å². The third kappa shape index (κ3) is 7.62. The molecule has 4 rings (SSSR count). The Labute approximate surface area is 192 Å². The first-order valence-corrected chi connectivity index (χ1v) is 11.9. The molecule has 0 saturated heterocycles. The second kappa shape index (κ2) is 11.8. The zero-order chi connectivity index (χ0) is 23.0. The van der Waals surface area contributed by atoms with Crippen LogP contribution in [0.3, 0.4) is 0 Å². The van der Waals surface area contributed by atoms with E-state index in [1.165, 1.54) is 21.0 Å². The molecule has 0 saturated carbocycles. The number of nitrogens with zero attached hydrogens (tertiary/aromatic N) is 2. The van der Waals surface area contributed by atoms with Crippen LogP contribution in [0.4, 0.5) is 0 Å². The number of thiophene rings is 1. The van der Waals surface area contributed by atoms with E-state index in [4.69, 9.17) is 4.42 Å². The SMILES string of the molecule is CC(C)c1ccc(-c2ccco2)s1.CC(C)c1cccn1C.CC(C)c1ccn(C)c1. The molecule has 31 heavy (non-hydrogen) atoms. The molecule has 4 aromatic rings. The molecule has 0 aliphatic rings. The van der Waals surface area contributed by atoms with Gasteiger partial charge in [0, 0.05) is 43.3 Å². The van der Waals surface area contributed by atoms with Crippen LogP contribution in [0.1, 0.15) is 75.4 Å². The summed E-state index contributed by atoms with van der Waals surface area (Å²) < 4.78 is 9.56. The topological polar surface area (TPSA) is 23.0 Å². The average Bonchev–Trinajstić information content (AvgIpc) is 3.49. The summed E-state index contributed by atoms with van der Waals surface area (Å²) in [4.78, 5) is 2.63. The van der Waals surface area contributed by atoms with Crippen LogP contribution in [0, 0.1) is 0 Å². The van der Waals surface area contributed by atoms with Crippen LogP contribution in [-0.2, 0) is 14.1 Å². The fourth-order valence-electron chi connectivity index (χ4n) is 3.15. The van der Waals surface area contributed by atoms with Gasteiger partial charge in [-0.2, -0.15) is 0 Å². The van der Waals surface area contributed by atoms with E-state index in [-0.39, 0.29) is 0 Å². The number of hydrogen-bond acceptors (Lipinski definition) is 2. The fraction of sp³-hybridized carbons (Fsp3) is 0.407. The lowest BCUT2D eigenvalue weighted by molar-refractivity contribution is 0.584. The van der Waals surface area contributed by atoms with Crippen LogP contribution in [0.25, 0.3) is 10.6 Å². The van der Waals surface area contributed by atoms with Crippen LogP contribution in [-0.4, -0.2) is 9.13 Å². The van der Waals surface area contributed by atoms with Crippen molar-refractivity contribution >= 4 is 11.3 Å². The first-order chi connectivity index (χ1) is 14.7. The maximum atomic E-state index is 5.32. The van der Waals surface area contributed by atoms with Gasteiger partial charge in [0.2, 0.25) is 0 Å². The maximum Gasteiger partial charge on any atom is 0.143 e. The average molecular weight is 439 g/mol. The van der Waals surface area contributed by atoms with Crippen LogP contribution in [0.15, 0.2) is 71.7 Å². The highest BCUT2D eigenvalue weighted by Gasteiger charge is 2.06. The lowest BCUT2D eigenvalue weighted by Crippen LogP contribution is -1.95. The Balaban J connectivity index is 0.000000170. The lowest BCUT2D eigenvalue weighted by Gasteiger charge is -2.04. The molecule has 0 radical (unpaired) electrons. The Hall–Kier alpha value is -2.46. The van der Waals surface area contributed by atoms with Crippen molar-refractivity contribution in [3.05, 3.63) is 83.5 Å². The summed E-state index contributed by atoms with van der Waals surface area (Å²) in [6, 6.07) is 14.6. The van der Waals surface area contributed by atoms with Crippen molar-refractivity contribution in [3.8, 4) is 10.6 Å². The molecule has 168 valence electrons. The van der Waals surface area contributed by atoms with E-state index in [1.54, 1.807) is 17.6 Å². The molecular formula is C27H38N2OS. The molecule has 0 spiro atoms. The van der Waals surface area contributed by atoms with Gasteiger partial charge in [-0.15, -0.1) is 11.3 Å². The number of furan rings is 1. The molecule has 4 heteroatoms. The molecule has 0 aliphatic carbocycles. The molecule has 0 fully saturated rings. The maximum absolute atomic E-state index is 5.32. The number of aromatic nitrogens is 2. The van der Waals surface area contributed by atoms with Crippen LogP contribution < -0.4 is 0 Å². The molecule has 0 aromatic carbocycles. The summed E-state index contributed by atoms with van der Waals surface area (Å²) >= 11 is 1.80. The monoisotopic (exact) mass is 438 g/mol. The van der Waals surface area contributed by atoms with Crippen molar-refractivity contribution in [2.24, 2.45) is 14.1 Å². The van der Waals surface area contributed by atoms with E-state index < -0.39 is 0 Å². The Morgan fingerprint density at radius 1 is 0.774 bits per heavy atom. The molecule has 3 nitrogen and oxygen atoms in total. The van der Waals surface area contributed by atoms with E-state index in [2.05, 4.69) is 107 Å². The summed E-state index contributed by atoms with van der Waals surface area (Å²) in [5, 5.41) is 0. The molecule has 0 bridgehead atoms. The van der Waals surface area contributed by atoms with Gasteiger partial charge in [0.25, 0.3) is 0 Å². The molecule has 0 aliphatic heterocycles. The molecular weight excluding hydrogens is 400 g/mol. The molecule has 0 atom stereocenters. The van der Waals surface area contributed by atoms with Crippen LogP contribution in [0.5, 0.6) is 0 Å². The largest absolute Gasteiger partial charge is 0.464 e. The smallest absolute Gasteiger partial charge is 0.143 e. The highest BCUT2D eigenvalue weighted by atomic mass is 32.1. The molecule has 4 aromatic heterocycles. The first kappa shape index (κ1) is 24.8. The predicted octanol–water partition coefficient (Wildman–Crippen LogP) is 8.43. The molecule has 0 unspecified atom stereocenters. The predicted molar refractivity (Wildman–Crippen MR) is 135 cm³/mol. The second-order valence-corrected chi connectivity index (χ2v) is 9.91. The van der Waals surface area contributed by atoms with Gasteiger partial charge in [0.05, 0.1) is 11.1 Å². The standard InChI is InChI=1S/C11H12OS.2C8H13N/c1-8(2)10-5-6-11(13-10)9-4-3-7-12-9;1-7(2)8-4-5-9(3)6-8;1-7(2)8-5-4-6-9(8)3/h3-8H,1-2H3;2*4-7H,1-3H3. The fourth-order valence-corrected chi connectivity index (χ4v) is 4.13. The molecule has 0 N–H and O–H groups in total. The summed E-state index contributed by atoms with van der Waals surface area (Å²) in [7, 11) is 4.13. The minimum absolute atomic E-state index is 0.605. The zero-order valence-electron chi connectivity index (χ0n) is 20.3. The van der Waals surface area contributed by atoms with E-state index in [1.807, 2.05) is 19.2 Å². The van der Waals surface area contributed by atoms with E-state index in [0.717, 1.165) is 5.76 Å². The van der Waals surface area contributed by atoms with Crippen molar-refractivity contribution in [2.75, 3.05) is 0 Å². The Kier molecular flexibility index (Phi) is 9.44. The van der Waals surface area contributed by atoms with Gasteiger partial charge in [0.15, 0.2) is 0 Å². The van der Waals surface area contributed by atoms with Crippen LogP contribution in [0.2, 0.25) is 0 Å². The number of rotatable bonds is 4. The van der Waals surface area contributed by atoms with Gasteiger partial charge >= 0.3 is 0 Å². The first-order valence-electron chi connectivity index (χ1n) is 11.1. The summed E-state index contributed by atoms with van der Waals surface area (Å²) in [6.07, 6.45) is 8.03. The third-order valence-corrected chi connectivity index (χ3v) is 6.46. The quantitative estimate of drug-likeness (QED) is 0.313. The number of hydrogen-bond donors (Lipinski definition) is 0. The Morgan fingerprint density at radius 3 is 1.87 bits per heavy atom.